The van der Waals surface area contributed by atoms with Gasteiger partial charge in [0.1, 0.15) is 0 Å². The Kier molecular flexibility index (Phi) is 4.03. The van der Waals surface area contributed by atoms with Crippen LogP contribution in [0, 0.1) is 5.92 Å². The molecule has 0 aliphatic carbocycles. The Balaban J connectivity index is 1.73. The Morgan fingerprint density at radius 2 is 2.43 bits per heavy atom. The zero-order valence-corrected chi connectivity index (χ0v) is 12.7. The molecule has 0 radical (unpaired) electrons. The minimum Gasteiger partial charge on any atom is -0.418 e. The smallest absolute Gasteiger partial charge is 0.257 e. The van der Waals surface area contributed by atoms with Gasteiger partial charge < -0.3 is 10.2 Å². The highest BCUT2D eigenvalue weighted by molar-refractivity contribution is 7.13. The number of rotatable bonds is 4. The van der Waals surface area contributed by atoms with Gasteiger partial charge in [-0.1, -0.05) is 6.07 Å². The lowest BCUT2D eigenvalue weighted by atomic mass is 9.96. The summed E-state index contributed by atoms with van der Waals surface area (Å²) in [6.45, 7) is 3.60. The van der Waals surface area contributed by atoms with Gasteiger partial charge in [0.25, 0.3) is 5.89 Å². The normalized spacial score (nSPS) is 21.3. The second-order valence-electron chi connectivity index (χ2n) is 5.34. The maximum atomic E-state index is 11.4. The zero-order chi connectivity index (χ0) is 14.8. The molecule has 2 atom stereocenters. The number of aromatic nitrogens is 2. The van der Waals surface area contributed by atoms with E-state index in [0.29, 0.717) is 18.3 Å². The number of carbonyl (C=O) groups excluding carboxylic acids is 1. The van der Waals surface area contributed by atoms with Gasteiger partial charge in [-0.25, -0.2) is 0 Å². The molecule has 1 amide bonds. The molecule has 2 aromatic rings. The Hall–Kier alpha value is -1.73. The molecule has 1 aliphatic rings. The lowest BCUT2D eigenvalue weighted by molar-refractivity contribution is -0.123. The van der Waals surface area contributed by atoms with Crippen LogP contribution in [0.4, 0.5) is 0 Å². The molecule has 1 aliphatic heterocycles. The average Bonchev–Trinajstić information content (AvgIpc) is 3.17. The average molecular weight is 306 g/mol. The van der Waals surface area contributed by atoms with Crippen molar-refractivity contribution in [2.45, 2.75) is 25.8 Å². The molecular formula is C14H18N4O2S. The second kappa shape index (κ2) is 5.95. The van der Waals surface area contributed by atoms with Gasteiger partial charge in [-0.15, -0.1) is 21.5 Å². The number of nitrogens with zero attached hydrogens (tertiary/aromatic N) is 3. The number of amides is 1. The Morgan fingerprint density at radius 3 is 3.14 bits per heavy atom. The van der Waals surface area contributed by atoms with Crippen molar-refractivity contribution in [2.24, 2.45) is 11.7 Å². The van der Waals surface area contributed by atoms with Crippen molar-refractivity contribution in [3.63, 3.8) is 0 Å². The fourth-order valence-corrected chi connectivity index (χ4v) is 3.29. The highest BCUT2D eigenvalue weighted by Gasteiger charge is 2.29. The minimum atomic E-state index is -0.225. The van der Waals surface area contributed by atoms with Crippen LogP contribution in [0.3, 0.4) is 0 Å². The second-order valence-corrected chi connectivity index (χ2v) is 6.28. The molecule has 2 N–H and O–H groups in total. The number of hydrogen-bond donors (Lipinski definition) is 1. The fourth-order valence-electron chi connectivity index (χ4n) is 2.65. The van der Waals surface area contributed by atoms with E-state index in [-0.39, 0.29) is 17.9 Å². The van der Waals surface area contributed by atoms with Gasteiger partial charge in [0.15, 0.2) is 0 Å². The summed E-state index contributed by atoms with van der Waals surface area (Å²) in [4.78, 5) is 14.5. The van der Waals surface area contributed by atoms with Crippen LogP contribution >= 0.6 is 11.3 Å². The summed E-state index contributed by atoms with van der Waals surface area (Å²) in [5.41, 5.74) is 5.42. The number of carbonyl (C=O) groups is 1. The van der Waals surface area contributed by atoms with Gasteiger partial charge in [-0.05, 0) is 37.8 Å². The molecule has 0 bridgehead atoms. The minimum absolute atomic E-state index is 0.00615. The number of primary amides is 1. The van der Waals surface area contributed by atoms with Crippen LogP contribution in [-0.2, 0) is 4.79 Å². The third kappa shape index (κ3) is 2.98. The van der Waals surface area contributed by atoms with Gasteiger partial charge in [0, 0.05) is 6.54 Å². The number of thiophene rings is 1. The molecule has 2 aromatic heterocycles. The summed E-state index contributed by atoms with van der Waals surface area (Å²) in [5, 5.41) is 10.2. The van der Waals surface area contributed by atoms with Crippen LogP contribution in [0.5, 0.6) is 0 Å². The summed E-state index contributed by atoms with van der Waals surface area (Å²) in [5.74, 6) is 0.830. The summed E-state index contributed by atoms with van der Waals surface area (Å²) < 4.78 is 5.77. The van der Waals surface area contributed by atoms with E-state index < -0.39 is 0 Å². The third-order valence-electron chi connectivity index (χ3n) is 3.93. The van der Waals surface area contributed by atoms with Crippen molar-refractivity contribution in [3.05, 3.63) is 23.4 Å². The zero-order valence-electron chi connectivity index (χ0n) is 11.9. The highest BCUT2D eigenvalue weighted by Crippen LogP contribution is 2.29. The summed E-state index contributed by atoms with van der Waals surface area (Å²) in [6, 6.07) is 3.90. The molecular weight excluding hydrogens is 288 g/mol. The van der Waals surface area contributed by atoms with E-state index in [2.05, 4.69) is 15.1 Å². The lowest BCUT2D eigenvalue weighted by Crippen LogP contribution is -2.42. The van der Waals surface area contributed by atoms with Gasteiger partial charge in [0.05, 0.1) is 16.8 Å². The van der Waals surface area contributed by atoms with Crippen LogP contribution < -0.4 is 5.73 Å². The Labute approximate surface area is 127 Å². The van der Waals surface area contributed by atoms with Gasteiger partial charge in [-0.2, -0.15) is 0 Å². The van der Waals surface area contributed by atoms with E-state index in [1.807, 2.05) is 24.4 Å². The first-order valence-electron chi connectivity index (χ1n) is 7.06. The first kappa shape index (κ1) is 14.2. The van der Waals surface area contributed by atoms with Crippen molar-refractivity contribution in [1.29, 1.82) is 0 Å². The predicted octanol–water partition coefficient (Wildman–Crippen LogP) is 2.06. The number of piperidine rings is 1. The van der Waals surface area contributed by atoms with E-state index in [1.165, 1.54) is 0 Å². The van der Waals surface area contributed by atoms with E-state index in [4.69, 9.17) is 10.2 Å². The highest BCUT2D eigenvalue weighted by atomic mass is 32.1. The first-order valence-corrected chi connectivity index (χ1v) is 7.93. The Bertz CT molecular complexity index is 610. The maximum Gasteiger partial charge on any atom is 0.257 e. The molecule has 112 valence electrons. The van der Waals surface area contributed by atoms with Crippen LogP contribution in [0.1, 0.15) is 31.7 Å². The van der Waals surface area contributed by atoms with Crippen molar-refractivity contribution in [1.82, 2.24) is 15.1 Å². The largest absolute Gasteiger partial charge is 0.418 e. The lowest BCUT2D eigenvalue weighted by Gasteiger charge is -2.33. The van der Waals surface area contributed by atoms with Crippen molar-refractivity contribution in [3.8, 4) is 10.8 Å². The van der Waals surface area contributed by atoms with E-state index in [1.54, 1.807) is 11.3 Å². The summed E-state index contributed by atoms with van der Waals surface area (Å²) in [7, 11) is 0. The van der Waals surface area contributed by atoms with Gasteiger partial charge in [0.2, 0.25) is 11.8 Å². The standard InChI is InChI=1S/C14H18N4O2S/c1-9(18-6-2-4-10(8-18)12(15)19)13-16-17-14(20-13)11-5-3-7-21-11/h3,5,7,9-10H,2,4,6,8H2,1H3,(H2,15,19)/t9-,10-/m0/s1. The topological polar surface area (TPSA) is 85.2 Å². The molecule has 7 heteroatoms. The van der Waals surface area contributed by atoms with Gasteiger partial charge in [-0.3, -0.25) is 9.69 Å². The van der Waals surface area contributed by atoms with Crippen molar-refractivity contribution in [2.75, 3.05) is 13.1 Å². The first-order chi connectivity index (χ1) is 10.1. The molecule has 3 heterocycles. The van der Waals surface area contributed by atoms with Crippen LogP contribution in [0.2, 0.25) is 0 Å². The number of likely N-dealkylation sites (tertiary alicyclic amines) is 1. The molecule has 3 rings (SSSR count). The van der Waals surface area contributed by atoms with E-state index in [0.717, 1.165) is 24.3 Å². The molecule has 0 aromatic carbocycles. The molecule has 1 saturated heterocycles. The van der Waals surface area contributed by atoms with Gasteiger partial charge >= 0.3 is 0 Å². The number of nitrogens with two attached hydrogens (primary N) is 1. The monoisotopic (exact) mass is 306 g/mol. The van der Waals surface area contributed by atoms with E-state index >= 15 is 0 Å². The van der Waals surface area contributed by atoms with E-state index in [9.17, 15) is 4.79 Å². The van der Waals surface area contributed by atoms with Crippen molar-refractivity contribution < 1.29 is 9.21 Å². The quantitative estimate of drug-likeness (QED) is 0.934. The molecule has 0 spiro atoms. The molecule has 0 unspecified atom stereocenters. The summed E-state index contributed by atoms with van der Waals surface area (Å²) in [6.07, 6.45) is 1.83. The molecule has 1 fully saturated rings. The summed E-state index contributed by atoms with van der Waals surface area (Å²) >= 11 is 1.57. The van der Waals surface area contributed by atoms with Crippen molar-refractivity contribution >= 4 is 17.2 Å². The molecule has 0 saturated carbocycles. The maximum absolute atomic E-state index is 11.4. The molecule has 6 nitrogen and oxygen atoms in total. The van der Waals surface area contributed by atoms with Crippen LogP contribution in [0.25, 0.3) is 10.8 Å². The van der Waals surface area contributed by atoms with Crippen LogP contribution in [-0.4, -0.2) is 34.1 Å². The Morgan fingerprint density at radius 1 is 1.57 bits per heavy atom. The number of hydrogen-bond acceptors (Lipinski definition) is 6. The van der Waals surface area contributed by atoms with Crippen LogP contribution in [0.15, 0.2) is 21.9 Å². The SMILES string of the molecule is C[C@@H](c1nnc(-c2cccs2)o1)N1CCC[C@H](C(N)=O)C1. The fraction of sp³-hybridized carbons (Fsp3) is 0.500. The third-order valence-corrected chi connectivity index (χ3v) is 4.79. The predicted molar refractivity (Wildman–Crippen MR) is 79.5 cm³/mol. The molecule has 21 heavy (non-hydrogen) atoms.